The van der Waals surface area contributed by atoms with Crippen molar-refractivity contribution in [3.05, 3.63) is 119 Å². The van der Waals surface area contributed by atoms with E-state index in [0.717, 1.165) is 9.87 Å². The van der Waals surface area contributed by atoms with Gasteiger partial charge in [-0.15, -0.1) is 0 Å². The van der Waals surface area contributed by atoms with Crippen LogP contribution in [-0.2, 0) is 19.6 Å². The van der Waals surface area contributed by atoms with E-state index >= 15 is 0 Å². The number of carbonyl (C=O) groups excluding carboxylic acids is 2. The molecule has 9 nitrogen and oxygen atoms in total. The molecule has 43 heavy (non-hydrogen) atoms. The summed E-state index contributed by atoms with van der Waals surface area (Å²) in [7, 11) is -4.09. The summed E-state index contributed by atoms with van der Waals surface area (Å²) in [5.41, 5.74) is 5.21. The number of hydrogen-bond acceptors (Lipinski definition) is 6. The monoisotopic (exact) mass is 622 g/mol. The molecule has 2 N–H and O–H groups in total. The number of carbonyl (C=O) groups is 2. The van der Waals surface area contributed by atoms with E-state index in [1.807, 2.05) is 6.92 Å². The molecule has 4 aromatic carbocycles. The number of sulfonamides is 1. The zero-order valence-corrected chi connectivity index (χ0v) is 24.8. The van der Waals surface area contributed by atoms with Gasteiger partial charge in [0.2, 0.25) is 0 Å². The number of anilines is 2. The van der Waals surface area contributed by atoms with Crippen molar-refractivity contribution in [2.75, 3.05) is 22.8 Å². The number of benzene rings is 4. The number of amides is 2. The van der Waals surface area contributed by atoms with Crippen LogP contribution in [0.25, 0.3) is 0 Å². The summed E-state index contributed by atoms with van der Waals surface area (Å²) >= 11 is 6.08. The largest absolute Gasteiger partial charge is 0.484 e. The normalized spacial score (nSPS) is 11.3. The van der Waals surface area contributed by atoms with E-state index in [-0.39, 0.29) is 11.5 Å². The molecule has 0 saturated carbocycles. The van der Waals surface area contributed by atoms with Gasteiger partial charge in [-0.1, -0.05) is 29.3 Å². The van der Waals surface area contributed by atoms with Crippen molar-refractivity contribution in [2.45, 2.75) is 18.7 Å². The fourth-order valence-corrected chi connectivity index (χ4v) is 5.62. The Morgan fingerprint density at radius 3 is 2.26 bits per heavy atom. The lowest BCUT2D eigenvalue weighted by molar-refractivity contribution is -0.119. The minimum atomic E-state index is -4.09. The summed E-state index contributed by atoms with van der Waals surface area (Å²) in [5.74, 6) is -1.05. The number of nitrogens with zero attached hydrogens (tertiary/aromatic N) is 2. The van der Waals surface area contributed by atoms with Crippen molar-refractivity contribution in [3.63, 3.8) is 0 Å². The second-order valence-electron chi connectivity index (χ2n) is 9.46. The number of rotatable bonds is 11. The third-order valence-electron chi connectivity index (χ3n) is 6.10. The van der Waals surface area contributed by atoms with Crippen LogP contribution < -0.4 is 19.8 Å². The number of aryl methyl sites for hydroxylation is 2. The summed E-state index contributed by atoms with van der Waals surface area (Å²) in [6.07, 6.45) is 1.38. The molecule has 222 valence electrons. The molecular formula is C31H28ClFN4O5S. The van der Waals surface area contributed by atoms with Crippen LogP contribution in [0.1, 0.15) is 16.7 Å². The van der Waals surface area contributed by atoms with E-state index in [4.69, 9.17) is 16.3 Å². The van der Waals surface area contributed by atoms with Crippen LogP contribution in [0.4, 0.5) is 15.8 Å². The van der Waals surface area contributed by atoms with Gasteiger partial charge in [0, 0.05) is 10.7 Å². The van der Waals surface area contributed by atoms with Gasteiger partial charge in [0.15, 0.2) is 6.61 Å². The first kappa shape index (κ1) is 31.2. The highest BCUT2D eigenvalue weighted by Gasteiger charge is 2.28. The third kappa shape index (κ3) is 8.63. The van der Waals surface area contributed by atoms with Crippen LogP contribution in [0.15, 0.2) is 101 Å². The molecule has 0 radical (unpaired) electrons. The molecule has 2 amide bonds. The number of ether oxygens (including phenoxy) is 1. The highest BCUT2D eigenvalue weighted by atomic mass is 35.5. The lowest BCUT2D eigenvalue weighted by Gasteiger charge is -2.25. The van der Waals surface area contributed by atoms with Crippen molar-refractivity contribution in [2.24, 2.45) is 5.10 Å². The smallest absolute Gasteiger partial charge is 0.264 e. The highest BCUT2D eigenvalue weighted by Crippen LogP contribution is 2.29. The van der Waals surface area contributed by atoms with E-state index < -0.39 is 34.2 Å². The van der Waals surface area contributed by atoms with Crippen LogP contribution in [-0.4, -0.2) is 39.6 Å². The third-order valence-corrected chi connectivity index (χ3v) is 8.11. The van der Waals surface area contributed by atoms with E-state index in [1.165, 1.54) is 42.6 Å². The Hall–Kier alpha value is -4.74. The Kier molecular flexibility index (Phi) is 10.1. The summed E-state index contributed by atoms with van der Waals surface area (Å²) in [4.78, 5) is 24.9. The molecule has 0 heterocycles. The van der Waals surface area contributed by atoms with Gasteiger partial charge in [-0.3, -0.25) is 13.9 Å². The van der Waals surface area contributed by atoms with Crippen LogP contribution in [0, 0.1) is 19.7 Å². The number of hydrazone groups is 1. The summed E-state index contributed by atoms with van der Waals surface area (Å²) in [5, 5.41) is 6.99. The Bertz CT molecular complexity index is 1730. The zero-order chi connectivity index (χ0) is 31.0. The molecule has 0 bridgehead atoms. The average Bonchev–Trinajstić information content (AvgIpc) is 2.97. The molecule has 0 saturated heterocycles. The molecule has 0 unspecified atom stereocenters. The van der Waals surface area contributed by atoms with E-state index in [2.05, 4.69) is 15.8 Å². The molecule has 0 fully saturated rings. The van der Waals surface area contributed by atoms with E-state index in [9.17, 15) is 22.4 Å². The van der Waals surface area contributed by atoms with Crippen LogP contribution >= 0.6 is 11.6 Å². The maximum atomic E-state index is 13.6. The van der Waals surface area contributed by atoms with Crippen LogP contribution in [0.3, 0.4) is 0 Å². The van der Waals surface area contributed by atoms with Crippen molar-refractivity contribution in [1.82, 2.24) is 5.43 Å². The van der Waals surface area contributed by atoms with Crippen LogP contribution in [0.2, 0.25) is 5.02 Å². The Balaban J connectivity index is 1.37. The molecule has 4 rings (SSSR count). The second kappa shape index (κ2) is 14.0. The zero-order valence-electron chi connectivity index (χ0n) is 23.3. The van der Waals surface area contributed by atoms with Gasteiger partial charge in [0.05, 0.1) is 16.8 Å². The molecule has 4 aromatic rings. The molecule has 0 atom stereocenters. The predicted octanol–water partition coefficient (Wildman–Crippen LogP) is 5.46. The average molecular weight is 623 g/mol. The maximum Gasteiger partial charge on any atom is 0.264 e. The van der Waals surface area contributed by atoms with Gasteiger partial charge in [-0.2, -0.15) is 5.10 Å². The Labute approximate surface area is 254 Å². The SMILES string of the molecule is Cc1ccc(S(=O)(=O)N(CC(=O)N/N=C\c2ccc(OCC(=O)Nc3ccc(F)cc3)cc2)c2ccc(Cl)cc2C)cc1. The Morgan fingerprint density at radius 2 is 1.60 bits per heavy atom. The van der Waals surface area contributed by atoms with Gasteiger partial charge >= 0.3 is 0 Å². The lowest BCUT2D eigenvalue weighted by atomic mass is 10.2. The first-order valence-electron chi connectivity index (χ1n) is 13.0. The van der Waals surface area contributed by atoms with Gasteiger partial charge in [0.1, 0.15) is 18.1 Å². The van der Waals surface area contributed by atoms with Crippen molar-refractivity contribution in [1.29, 1.82) is 0 Å². The lowest BCUT2D eigenvalue weighted by Crippen LogP contribution is -2.40. The number of hydrogen-bond donors (Lipinski definition) is 2. The summed E-state index contributed by atoms with van der Waals surface area (Å²) in [6, 6.07) is 23.0. The van der Waals surface area contributed by atoms with Gasteiger partial charge < -0.3 is 10.1 Å². The van der Waals surface area contributed by atoms with Crippen molar-refractivity contribution in [3.8, 4) is 5.75 Å². The molecule has 0 aliphatic carbocycles. The van der Waals surface area contributed by atoms with Gasteiger partial charge in [-0.25, -0.2) is 18.2 Å². The molecule has 0 aromatic heterocycles. The van der Waals surface area contributed by atoms with E-state index in [1.54, 1.807) is 61.5 Å². The van der Waals surface area contributed by atoms with Crippen molar-refractivity contribution < 1.29 is 27.1 Å². The second-order valence-corrected chi connectivity index (χ2v) is 11.8. The van der Waals surface area contributed by atoms with Crippen molar-refractivity contribution >= 4 is 51.0 Å². The molecule has 0 spiro atoms. The molecule has 0 aliphatic heterocycles. The summed E-state index contributed by atoms with van der Waals surface area (Å²) in [6.45, 7) is 2.78. The molecular weight excluding hydrogens is 595 g/mol. The molecule has 12 heteroatoms. The highest BCUT2D eigenvalue weighted by molar-refractivity contribution is 7.92. The fourth-order valence-electron chi connectivity index (χ4n) is 3.91. The Morgan fingerprint density at radius 1 is 0.930 bits per heavy atom. The quantitative estimate of drug-likeness (QED) is 0.170. The fraction of sp³-hybridized carbons (Fsp3) is 0.129. The van der Waals surface area contributed by atoms with E-state index in [0.29, 0.717) is 33.3 Å². The van der Waals surface area contributed by atoms with Crippen LogP contribution in [0.5, 0.6) is 5.75 Å². The minimum Gasteiger partial charge on any atom is -0.484 e. The maximum absolute atomic E-state index is 13.6. The standard InChI is InChI=1S/C31H28ClFN4O5S/c1-21-3-14-28(15-4-21)43(40,41)37(29-16-7-24(32)17-22(29)2)19-30(38)36-34-18-23-5-12-27(13-6-23)42-20-31(39)35-26-10-8-25(33)9-11-26/h3-18H,19-20H2,1-2H3,(H,35,39)(H,36,38)/b34-18-. The topological polar surface area (TPSA) is 117 Å². The predicted molar refractivity (Wildman–Crippen MR) is 165 cm³/mol. The molecule has 0 aliphatic rings. The van der Waals surface area contributed by atoms with Gasteiger partial charge in [0.25, 0.3) is 21.8 Å². The number of nitrogens with one attached hydrogen (secondary N) is 2. The number of halogens is 2. The first-order chi connectivity index (χ1) is 20.5. The summed E-state index contributed by atoms with van der Waals surface area (Å²) < 4.78 is 46.6. The minimum absolute atomic E-state index is 0.0407. The first-order valence-corrected chi connectivity index (χ1v) is 14.8. The van der Waals surface area contributed by atoms with Gasteiger partial charge in [-0.05, 0) is 104 Å².